The molecule has 0 aromatic carbocycles. The van der Waals surface area contributed by atoms with Crippen molar-refractivity contribution in [2.75, 3.05) is 39.6 Å². The Kier molecular flexibility index (Phi) is 62.1. The molecule has 0 bridgehead atoms. The maximum absolute atomic E-state index is 13.0. The van der Waals surface area contributed by atoms with Gasteiger partial charge in [0.1, 0.15) is 19.3 Å². The summed E-state index contributed by atoms with van der Waals surface area (Å²) in [5.41, 5.74) is 0. The molecule has 528 valence electrons. The maximum atomic E-state index is 13.0. The Labute approximate surface area is 543 Å². The van der Waals surface area contributed by atoms with Crippen LogP contribution in [-0.2, 0) is 65.4 Å². The lowest BCUT2D eigenvalue weighted by Gasteiger charge is -2.21. The summed E-state index contributed by atoms with van der Waals surface area (Å²) in [5, 5.41) is 10.6. The van der Waals surface area contributed by atoms with Gasteiger partial charge in [-0.2, -0.15) is 0 Å². The average molecular weight is 1310 g/mol. The smallest absolute Gasteiger partial charge is 0.462 e. The molecule has 0 saturated heterocycles. The van der Waals surface area contributed by atoms with Crippen LogP contribution in [0.5, 0.6) is 0 Å². The average Bonchev–Trinajstić information content (AvgIpc) is 3.61. The molecular formula is C70H136O17P2. The van der Waals surface area contributed by atoms with Crippen LogP contribution in [0.2, 0.25) is 0 Å². The number of carbonyl (C=O) groups is 4. The predicted octanol–water partition coefficient (Wildman–Crippen LogP) is 20.1. The number of aliphatic hydroxyl groups excluding tert-OH is 1. The zero-order chi connectivity index (χ0) is 65.6. The molecule has 17 nitrogen and oxygen atoms in total. The highest BCUT2D eigenvalue weighted by molar-refractivity contribution is 7.47. The molecule has 0 rings (SSSR count). The van der Waals surface area contributed by atoms with Crippen LogP contribution in [0.1, 0.15) is 362 Å². The third-order valence-electron chi connectivity index (χ3n) is 16.3. The van der Waals surface area contributed by atoms with E-state index in [1.54, 1.807) is 0 Å². The van der Waals surface area contributed by atoms with Gasteiger partial charge in [0.15, 0.2) is 12.2 Å². The van der Waals surface area contributed by atoms with Crippen molar-refractivity contribution in [1.29, 1.82) is 0 Å². The highest BCUT2D eigenvalue weighted by Gasteiger charge is 2.30. The van der Waals surface area contributed by atoms with Gasteiger partial charge in [-0.25, -0.2) is 9.13 Å². The summed E-state index contributed by atoms with van der Waals surface area (Å²) >= 11 is 0. The van der Waals surface area contributed by atoms with Crippen molar-refractivity contribution in [3.8, 4) is 0 Å². The number of hydrogen-bond acceptors (Lipinski definition) is 15. The fraction of sp³-hybridized carbons (Fsp3) is 0.943. The molecule has 0 amide bonds. The van der Waals surface area contributed by atoms with Crippen LogP contribution in [0.15, 0.2) is 0 Å². The van der Waals surface area contributed by atoms with Crippen LogP contribution in [-0.4, -0.2) is 96.7 Å². The van der Waals surface area contributed by atoms with Gasteiger partial charge in [0.25, 0.3) is 0 Å². The molecule has 0 aromatic heterocycles. The molecule has 0 radical (unpaired) electrons. The van der Waals surface area contributed by atoms with E-state index in [2.05, 4.69) is 34.6 Å². The van der Waals surface area contributed by atoms with Crippen molar-refractivity contribution in [3.05, 3.63) is 0 Å². The number of unbranched alkanes of at least 4 members (excludes halogenated alkanes) is 42. The highest BCUT2D eigenvalue weighted by atomic mass is 31.2. The number of phosphoric ester groups is 2. The lowest BCUT2D eigenvalue weighted by molar-refractivity contribution is -0.161. The van der Waals surface area contributed by atoms with E-state index >= 15 is 0 Å². The van der Waals surface area contributed by atoms with E-state index in [1.165, 1.54) is 180 Å². The SMILES string of the molecule is CCCCCCCCCCCCCCCCCCCCCC(=O)O[C@H](COC(=O)CCCCCCCCCCCCC(C)C)COP(=O)(O)OC[C@@H](O)COP(=O)(O)OC[C@@H](COC(=O)CCCCCCCCCC)OC(=O)CCCCCCCCCCC. The minimum atomic E-state index is -4.95. The number of hydrogen-bond donors (Lipinski definition) is 3. The Hall–Kier alpha value is -1.94. The van der Waals surface area contributed by atoms with E-state index in [-0.39, 0.29) is 25.7 Å². The zero-order valence-electron chi connectivity index (χ0n) is 57.6. The Balaban J connectivity index is 5.17. The van der Waals surface area contributed by atoms with Crippen LogP contribution >= 0.6 is 15.6 Å². The molecule has 2 unspecified atom stereocenters. The van der Waals surface area contributed by atoms with Crippen molar-refractivity contribution >= 4 is 39.5 Å². The molecular weight excluding hydrogens is 1170 g/mol. The van der Waals surface area contributed by atoms with Crippen LogP contribution in [0.3, 0.4) is 0 Å². The number of phosphoric acid groups is 2. The lowest BCUT2D eigenvalue weighted by atomic mass is 10.0. The third-order valence-corrected chi connectivity index (χ3v) is 18.2. The number of rotatable bonds is 70. The monoisotopic (exact) mass is 1310 g/mol. The number of aliphatic hydroxyl groups is 1. The first-order valence-corrected chi connectivity index (χ1v) is 39.6. The van der Waals surface area contributed by atoms with E-state index in [0.717, 1.165) is 102 Å². The molecule has 0 aliphatic heterocycles. The van der Waals surface area contributed by atoms with Gasteiger partial charge in [0, 0.05) is 25.7 Å². The maximum Gasteiger partial charge on any atom is 0.472 e. The first kappa shape index (κ1) is 87.1. The lowest BCUT2D eigenvalue weighted by Crippen LogP contribution is -2.30. The van der Waals surface area contributed by atoms with Crippen molar-refractivity contribution in [2.45, 2.75) is 380 Å². The predicted molar refractivity (Wildman–Crippen MR) is 358 cm³/mol. The fourth-order valence-corrected chi connectivity index (χ4v) is 12.2. The molecule has 19 heteroatoms. The number of ether oxygens (including phenoxy) is 4. The van der Waals surface area contributed by atoms with Gasteiger partial charge in [-0.05, 0) is 31.6 Å². The quantitative estimate of drug-likeness (QED) is 0.0222. The minimum absolute atomic E-state index is 0.106. The summed E-state index contributed by atoms with van der Waals surface area (Å²) in [4.78, 5) is 72.4. The van der Waals surface area contributed by atoms with Crippen molar-refractivity contribution < 1.29 is 80.2 Å². The molecule has 5 atom stereocenters. The van der Waals surface area contributed by atoms with Crippen molar-refractivity contribution in [1.82, 2.24) is 0 Å². The van der Waals surface area contributed by atoms with Crippen LogP contribution in [0, 0.1) is 5.92 Å². The molecule has 0 aliphatic rings. The van der Waals surface area contributed by atoms with Crippen molar-refractivity contribution in [2.24, 2.45) is 5.92 Å². The van der Waals surface area contributed by atoms with Gasteiger partial charge in [-0.1, -0.05) is 311 Å². The molecule has 0 saturated carbocycles. The second kappa shape index (κ2) is 63.5. The second-order valence-corrected chi connectivity index (χ2v) is 28.7. The standard InChI is InChI=1S/C70H136O17P2/c1-6-9-12-15-18-21-22-23-24-25-26-27-28-29-30-36-41-46-51-56-70(75)87-66(60-81-68(73)54-49-44-39-35-32-31-34-37-42-47-52-63(4)5)62-85-89(78,79)83-58-64(71)57-82-88(76,77)84-61-65(59-80-67(72)53-48-43-38-20-17-14-11-8-3)86-69(74)55-50-45-40-33-19-16-13-10-7-2/h63-66,71H,6-62H2,1-5H3,(H,76,77)(H,78,79)/t64-,65+,66+/m0/s1. The Morgan fingerprint density at radius 1 is 0.303 bits per heavy atom. The van der Waals surface area contributed by atoms with Gasteiger partial charge >= 0.3 is 39.5 Å². The van der Waals surface area contributed by atoms with Gasteiger partial charge in [0.05, 0.1) is 26.4 Å². The molecule has 0 heterocycles. The van der Waals surface area contributed by atoms with Gasteiger partial charge in [-0.15, -0.1) is 0 Å². The highest BCUT2D eigenvalue weighted by Crippen LogP contribution is 2.45. The number of esters is 4. The van der Waals surface area contributed by atoms with Crippen LogP contribution in [0.4, 0.5) is 0 Å². The summed E-state index contributed by atoms with van der Waals surface area (Å²) in [7, 11) is -9.89. The summed E-state index contributed by atoms with van der Waals surface area (Å²) in [5.74, 6) is -1.37. The van der Waals surface area contributed by atoms with E-state index in [0.29, 0.717) is 25.7 Å². The normalized spacial score (nSPS) is 14.1. The van der Waals surface area contributed by atoms with E-state index in [1.807, 2.05) is 0 Å². The third kappa shape index (κ3) is 64.6. The first-order chi connectivity index (χ1) is 43.0. The van der Waals surface area contributed by atoms with Gasteiger partial charge in [-0.3, -0.25) is 37.3 Å². The Morgan fingerprint density at radius 2 is 0.517 bits per heavy atom. The first-order valence-electron chi connectivity index (χ1n) is 36.6. The summed E-state index contributed by atoms with van der Waals surface area (Å²) in [6.07, 6.45) is 50.1. The molecule has 0 aromatic rings. The van der Waals surface area contributed by atoms with Gasteiger partial charge < -0.3 is 33.8 Å². The zero-order valence-corrected chi connectivity index (χ0v) is 59.4. The van der Waals surface area contributed by atoms with E-state index in [4.69, 9.17) is 37.0 Å². The van der Waals surface area contributed by atoms with Crippen molar-refractivity contribution in [3.63, 3.8) is 0 Å². The summed E-state index contributed by atoms with van der Waals surface area (Å²) < 4.78 is 68.2. The van der Waals surface area contributed by atoms with Gasteiger partial charge in [0.2, 0.25) is 0 Å². The molecule has 0 aliphatic carbocycles. The minimum Gasteiger partial charge on any atom is -0.462 e. The summed E-state index contributed by atoms with van der Waals surface area (Å²) in [6.45, 7) is 7.20. The second-order valence-electron chi connectivity index (χ2n) is 25.7. The fourth-order valence-electron chi connectivity index (χ4n) is 10.6. The topological polar surface area (TPSA) is 237 Å². The molecule has 3 N–H and O–H groups in total. The van der Waals surface area contributed by atoms with Crippen LogP contribution in [0.25, 0.3) is 0 Å². The van der Waals surface area contributed by atoms with E-state index in [9.17, 15) is 43.2 Å². The molecule has 0 spiro atoms. The Morgan fingerprint density at radius 3 is 0.764 bits per heavy atom. The largest absolute Gasteiger partial charge is 0.472 e. The number of carbonyl (C=O) groups excluding carboxylic acids is 4. The molecule has 0 fully saturated rings. The summed E-state index contributed by atoms with van der Waals surface area (Å²) in [6, 6.07) is 0. The molecule has 89 heavy (non-hydrogen) atoms. The Bertz CT molecular complexity index is 1720. The van der Waals surface area contributed by atoms with Crippen LogP contribution < -0.4 is 0 Å². The van der Waals surface area contributed by atoms with E-state index < -0.39 is 97.5 Å².